The lowest BCUT2D eigenvalue weighted by atomic mass is 10.1. The van der Waals surface area contributed by atoms with Crippen molar-refractivity contribution in [2.24, 2.45) is 0 Å². The van der Waals surface area contributed by atoms with Crippen LogP contribution in [0.4, 0.5) is 10.5 Å². The van der Waals surface area contributed by atoms with E-state index in [1.807, 2.05) is 18.2 Å². The molecule has 0 bridgehead atoms. The molecule has 2 aromatic carbocycles. The molecule has 0 saturated carbocycles. The van der Waals surface area contributed by atoms with E-state index in [2.05, 4.69) is 12.2 Å². The van der Waals surface area contributed by atoms with E-state index in [1.165, 1.54) is 12.5 Å². The molecule has 2 rings (SSSR count). The van der Waals surface area contributed by atoms with Gasteiger partial charge in [0.15, 0.2) is 5.75 Å². The van der Waals surface area contributed by atoms with Gasteiger partial charge < -0.3 is 9.84 Å². The van der Waals surface area contributed by atoms with E-state index in [-0.39, 0.29) is 16.5 Å². The van der Waals surface area contributed by atoms with Crippen LogP contribution in [0.2, 0.25) is 10.0 Å². The number of aryl methyl sites for hydroxylation is 1. The number of amides is 1. The van der Waals surface area contributed by atoms with E-state index >= 15 is 0 Å². The second kappa shape index (κ2) is 8.97. The molecular formula is C19H21Cl2NO3. The maximum atomic E-state index is 12.1. The zero-order valence-electron chi connectivity index (χ0n) is 14.2. The minimum absolute atomic E-state index is 0.0979. The summed E-state index contributed by atoms with van der Waals surface area (Å²) in [6, 6.07) is 8.83. The van der Waals surface area contributed by atoms with Gasteiger partial charge in [0.05, 0.1) is 10.7 Å². The Morgan fingerprint density at radius 3 is 2.72 bits per heavy atom. The van der Waals surface area contributed by atoms with Gasteiger partial charge in [-0.05, 0) is 49.1 Å². The molecular weight excluding hydrogens is 361 g/mol. The van der Waals surface area contributed by atoms with Crippen LogP contribution in [0.1, 0.15) is 37.3 Å². The number of ether oxygens (including phenoxy) is 1. The molecule has 0 aromatic heterocycles. The lowest BCUT2D eigenvalue weighted by Gasteiger charge is -2.12. The zero-order valence-corrected chi connectivity index (χ0v) is 15.7. The van der Waals surface area contributed by atoms with Crippen LogP contribution in [-0.2, 0) is 6.42 Å². The van der Waals surface area contributed by atoms with E-state index in [1.54, 1.807) is 13.0 Å². The molecule has 0 radical (unpaired) electrons. The van der Waals surface area contributed by atoms with Gasteiger partial charge in [0, 0.05) is 5.02 Å². The first-order valence-electron chi connectivity index (χ1n) is 8.17. The van der Waals surface area contributed by atoms with Crippen molar-refractivity contribution in [2.45, 2.75) is 39.5 Å². The van der Waals surface area contributed by atoms with Gasteiger partial charge in [0.25, 0.3) is 0 Å². The van der Waals surface area contributed by atoms with E-state index in [4.69, 9.17) is 27.9 Å². The normalized spacial score (nSPS) is 10.6. The third kappa shape index (κ3) is 5.28. The molecule has 0 fully saturated rings. The number of halogens is 2. The SMILES string of the molecule is CCCCCc1cccc(OC(=O)Nc2cc(Cl)c(C)c(Cl)c2O)c1. The largest absolute Gasteiger partial charge is 0.504 e. The summed E-state index contributed by atoms with van der Waals surface area (Å²) in [6.07, 6.45) is 3.64. The summed E-state index contributed by atoms with van der Waals surface area (Å²) in [4.78, 5) is 12.1. The number of anilines is 1. The van der Waals surface area contributed by atoms with Crippen molar-refractivity contribution in [1.82, 2.24) is 0 Å². The fourth-order valence-corrected chi connectivity index (χ4v) is 2.84. The molecule has 0 saturated heterocycles. The monoisotopic (exact) mass is 381 g/mol. The number of carbonyl (C=O) groups is 1. The molecule has 0 aliphatic rings. The maximum Gasteiger partial charge on any atom is 0.417 e. The van der Waals surface area contributed by atoms with Gasteiger partial charge in [-0.25, -0.2) is 4.79 Å². The highest BCUT2D eigenvalue weighted by atomic mass is 35.5. The zero-order chi connectivity index (χ0) is 18.4. The average Bonchev–Trinajstić information content (AvgIpc) is 2.58. The predicted octanol–water partition coefficient (Wildman–Crippen LogP) is 6.35. The lowest BCUT2D eigenvalue weighted by Crippen LogP contribution is -2.17. The van der Waals surface area contributed by atoms with E-state index in [9.17, 15) is 9.90 Å². The van der Waals surface area contributed by atoms with E-state index in [0.29, 0.717) is 16.3 Å². The number of benzene rings is 2. The number of aromatic hydroxyl groups is 1. The van der Waals surface area contributed by atoms with Crippen molar-refractivity contribution in [1.29, 1.82) is 0 Å². The summed E-state index contributed by atoms with van der Waals surface area (Å²) in [5.74, 6) is 0.198. The Morgan fingerprint density at radius 1 is 1.24 bits per heavy atom. The molecule has 0 aliphatic heterocycles. The molecule has 6 heteroatoms. The molecule has 2 N–H and O–H groups in total. The maximum absolute atomic E-state index is 12.1. The van der Waals surface area contributed by atoms with Crippen LogP contribution in [0.15, 0.2) is 30.3 Å². The van der Waals surface area contributed by atoms with Crippen LogP contribution in [0.5, 0.6) is 11.5 Å². The average molecular weight is 382 g/mol. The number of phenols is 1. The third-order valence-electron chi connectivity index (χ3n) is 3.84. The molecule has 0 atom stereocenters. The van der Waals surface area contributed by atoms with E-state index < -0.39 is 6.09 Å². The fourth-order valence-electron chi connectivity index (χ4n) is 2.39. The van der Waals surface area contributed by atoms with Crippen molar-refractivity contribution in [2.75, 3.05) is 5.32 Å². The van der Waals surface area contributed by atoms with Crippen LogP contribution >= 0.6 is 23.2 Å². The first-order chi connectivity index (χ1) is 11.9. The lowest BCUT2D eigenvalue weighted by molar-refractivity contribution is 0.215. The number of hydrogen-bond acceptors (Lipinski definition) is 3. The van der Waals surface area contributed by atoms with Crippen LogP contribution in [0, 0.1) is 6.92 Å². The molecule has 134 valence electrons. The molecule has 0 unspecified atom stereocenters. The summed E-state index contributed by atoms with van der Waals surface area (Å²) < 4.78 is 5.28. The van der Waals surface area contributed by atoms with Crippen molar-refractivity contribution in [3.05, 3.63) is 51.5 Å². The van der Waals surface area contributed by atoms with Gasteiger partial charge in [-0.2, -0.15) is 0 Å². The highest BCUT2D eigenvalue weighted by Gasteiger charge is 2.15. The number of hydrogen-bond donors (Lipinski definition) is 2. The Morgan fingerprint density at radius 2 is 2.00 bits per heavy atom. The number of phenolic OH excluding ortho intramolecular Hbond substituents is 1. The van der Waals surface area contributed by atoms with Crippen LogP contribution < -0.4 is 10.1 Å². The molecule has 25 heavy (non-hydrogen) atoms. The van der Waals surface area contributed by atoms with Crippen LogP contribution in [0.25, 0.3) is 0 Å². The van der Waals surface area contributed by atoms with Gasteiger partial charge >= 0.3 is 6.09 Å². The number of nitrogens with one attached hydrogen (secondary N) is 1. The molecule has 1 amide bonds. The Labute approximate surface area is 157 Å². The minimum atomic E-state index is -0.725. The van der Waals surface area contributed by atoms with Gasteiger partial charge in [0.2, 0.25) is 0 Å². The minimum Gasteiger partial charge on any atom is -0.504 e. The summed E-state index contributed by atoms with van der Waals surface area (Å²) in [5, 5.41) is 12.9. The van der Waals surface area contributed by atoms with Crippen LogP contribution in [0.3, 0.4) is 0 Å². The van der Waals surface area contributed by atoms with Gasteiger partial charge in [0.1, 0.15) is 5.75 Å². The Kier molecular flexibility index (Phi) is 6.97. The summed E-state index contributed by atoms with van der Waals surface area (Å²) >= 11 is 12.0. The topological polar surface area (TPSA) is 58.6 Å². The highest BCUT2D eigenvalue weighted by molar-refractivity contribution is 6.37. The first kappa shape index (κ1) is 19.4. The fraction of sp³-hybridized carbons (Fsp3) is 0.316. The summed E-state index contributed by atoms with van der Waals surface area (Å²) in [7, 11) is 0. The second-order valence-electron chi connectivity index (χ2n) is 5.81. The predicted molar refractivity (Wildman–Crippen MR) is 102 cm³/mol. The number of rotatable bonds is 6. The van der Waals surface area contributed by atoms with Crippen molar-refractivity contribution >= 4 is 35.0 Å². The van der Waals surface area contributed by atoms with E-state index in [0.717, 1.165) is 24.8 Å². The van der Waals surface area contributed by atoms with Crippen LogP contribution in [-0.4, -0.2) is 11.2 Å². The number of unbranched alkanes of at least 4 members (excludes halogenated alkanes) is 2. The highest BCUT2D eigenvalue weighted by Crippen LogP contribution is 2.38. The smallest absolute Gasteiger partial charge is 0.417 e. The van der Waals surface area contributed by atoms with Gasteiger partial charge in [-0.15, -0.1) is 0 Å². The van der Waals surface area contributed by atoms with Crippen molar-refractivity contribution < 1.29 is 14.6 Å². The Hall–Kier alpha value is -1.91. The first-order valence-corrected chi connectivity index (χ1v) is 8.93. The van der Waals surface area contributed by atoms with Crippen molar-refractivity contribution in [3.63, 3.8) is 0 Å². The third-order valence-corrected chi connectivity index (χ3v) is 4.69. The second-order valence-corrected chi connectivity index (χ2v) is 6.60. The van der Waals surface area contributed by atoms with Crippen molar-refractivity contribution in [3.8, 4) is 11.5 Å². The van der Waals surface area contributed by atoms with Gasteiger partial charge in [-0.3, -0.25) is 5.32 Å². The molecule has 0 aliphatic carbocycles. The molecule has 0 spiro atoms. The Bertz CT molecular complexity index is 763. The quantitative estimate of drug-likeness (QED) is 0.452. The summed E-state index contributed by atoms with van der Waals surface area (Å²) in [6.45, 7) is 3.83. The Balaban J connectivity index is 2.05. The summed E-state index contributed by atoms with van der Waals surface area (Å²) in [5.41, 5.74) is 1.76. The molecule has 4 nitrogen and oxygen atoms in total. The number of carbonyl (C=O) groups excluding carboxylic acids is 1. The van der Waals surface area contributed by atoms with Gasteiger partial charge in [-0.1, -0.05) is 55.1 Å². The molecule has 2 aromatic rings. The standard InChI is InChI=1S/C19H21Cl2NO3/c1-3-4-5-7-13-8-6-9-14(10-13)25-19(24)22-16-11-15(20)12(2)17(21)18(16)23/h6,8-11,23H,3-5,7H2,1-2H3,(H,22,24). The molecule has 0 heterocycles.